The summed E-state index contributed by atoms with van der Waals surface area (Å²) in [4.78, 5) is 36.9. The molecule has 54 heavy (non-hydrogen) atoms. The number of benzene rings is 1. The van der Waals surface area contributed by atoms with Crippen molar-refractivity contribution in [3.8, 4) is 39.7 Å². The van der Waals surface area contributed by atoms with E-state index in [0.29, 0.717) is 17.0 Å². The summed E-state index contributed by atoms with van der Waals surface area (Å²) in [5, 5.41) is 0. The highest BCUT2D eigenvalue weighted by Gasteiger charge is 2.27. The van der Waals surface area contributed by atoms with Crippen molar-refractivity contribution < 1.29 is 14.3 Å². The molecular weight excluding hydrogens is 743 g/mol. The van der Waals surface area contributed by atoms with Gasteiger partial charge in [-0.15, -0.1) is 45.3 Å². The summed E-state index contributed by atoms with van der Waals surface area (Å²) in [6, 6.07) is 21.8. The Labute approximate surface area is 341 Å². The van der Waals surface area contributed by atoms with E-state index < -0.39 is 0 Å². The van der Waals surface area contributed by atoms with E-state index in [1.54, 1.807) is 22.7 Å². The van der Waals surface area contributed by atoms with Gasteiger partial charge in [0.05, 0.1) is 0 Å². The third kappa shape index (κ3) is 11.2. The number of aldehydes is 2. The number of hydrogen-bond acceptors (Lipinski definition) is 8. The lowest BCUT2D eigenvalue weighted by molar-refractivity contribution is 0.103. The van der Waals surface area contributed by atoms with Crippen LogP contribution in [0.15, 0.2) is 60.7 Å². The molecule has 1 aromatic carbocycles. The molecule has 0 aliphatic heterocycles. The molecule has 5 rings (SSSR count). The Morgan fingerprint density at radius 2 is 1.17 bits per heavy atom. The molecule has 0 N–H and O–H groups in total. The summed E-state index contributed by atoms with van der Waals surface area (Å²) >= 11 is 7.27. The number of carbonyl (C=O) groups excluding carboxylic acids is 2. The van der Waals surface area contributed by atoms with Crippen molar-refractivity contribution in [2.75, 3.05) is 33.9 Å². The zero-order chi connectivity index (χ0) is 39.5. The first-order valence-electron chi connectivity index (χ1n) is 19.5. The van der Waals surface area contributed by atoms with Gasteiger partial charge in [0.1, 0.15) is 0 Å². The van der Waals surface area contributed by atoms with Gasteiger partial charge >= 0.3 is 0 Å². The average molecular weight is 804 g/mol. The van der Waals surface area contributed by atoms with Crippen LogP contribution in [0.5, 0.6) is 0 Å². The Balaban J connectivity index is 0.000000514. The first-order valence-corrected chi connectivity index (χ1v) is 22.8. The van der Waals surface area contributed by atoms with Crippen molar-refractivity contribution in [1.29, 1.82) is 0 Å². The summed E-state index contributed by atoms with van der Waals surface area (Å²) in [5.41, 5.74) is 2.90. The third-order valence-electron chi connectivity index (χ3n) is 10.3. The van der Waals surface area contributed by atoms with E-state index in [1.165, 1.54) is 34.1 Å². The fourth-order valence-corrected chi connectivity index (χ4v) is 11.1. The zero-order valence-electron chi connectivity index (χ0n) is 34.2. The Bertz CT molecular complexity index is 1910. The fraction of sp³-hybridized carbons (Fsp3) is 0.478. The second kappa shape index (κ2) is 20.4. The van der Waals surface area contributed by atoms with Crippen LogP contribution in [0.25, 0.3) is 39.7 Å². The number of rotatable bonds is 19. The molecule has 0 spiro atoms. The van der Waals surface area contributed by atoms with Crippen molar-refractivity contribution in [3.05, 3.63) is 82.2 Å². The molecule has 4 nitrogen and oxygen atoms in total. The Hall–Kier alpha value is -2.72. The molecule has 0 radical (unpaired) electrons. The summed E-state index contributed by atoms with van der Waals surface area (Å²) in [7, 11) is 4.17. The topological polar surface area (TPSA) is 46.6 Å². The van der Waals surface area contributed by atoms with E-state index in [9.17, 15) is 9.59 Å². The van der Waals surface area contributed by atoms with E-state index in [1.807, 2.05) is 28.7 Å². The molecule has 0 aliphatic rings. The molecule has 0 amide bonds. The van der Waals surface area contributed by atoms with Crippen LogP contribution in [-0.2, 0) is 15.6 Å². The number of thiophene rings is 4. The largest absolute Gasteiger partial charge is 0.381 e. The summed E-state index contributed by atoms with van der Waals surface area (Å²) in [6.45, 7) is 20.7. The van der Waals surface area contributed by atoms with Crippen LogP contribution in [0.3, 0.4) is 0 Å². The summed E-state index contributed by atoms with van der Waals surface area (Å²) in [5.74, 6) is 0.661. The Kier molecular flexibility index (Phi) is 16.7. The van der Waals surface area contributed by atoms with E-state index in [2.05, 4.69) is 129 Å². The number of hydrogen-bond donors (Lipinski definition) is 0. The van der Waals surface area contributed by atoms with Gasteiger partial charge in [0.2, 0.25) is 0 Å². The molecule has 0 unspecified atom stereocenters. The second-order valence-electron chi connectivity index (χ2n) is 15.8. The van der Waals surface area contributed by atoms with Gasteiger partial charge in [-0.2, -0.15) is 0 Å². The lowest BCUT2D eigenvalue weighted by Gasteiger charge is -2.28. The van der Waals surface area contributed by atoms with Crippen molar-refractivity contribution in [2.24, 2.45) is 5.92 Å². The molecule has 0 bridgehead atoms. The van der Waals surface area contributed by atoms with Gasteiger partial charge in [-0.3, -0.25) is 9.59 Å². The first-order chi connectivity index (χ1) is 25.8. The second-order valence-corrected chi connectivity index (χ2v) is 20.1. The number of unbranched alkanes of at least 4 members (excludes halogenated alkanes) is 1. The van der Waals surface area contributed by atoms with Crippen LogP contribution < -0.4 is 0 Å². The highest BCUT2D eigenvalue weighted by atomic mass is 32.1. The summed E-state index contributed by atoms with van der Waals surface area (Å²) in [6.07, 6.45) is 8.33. The van der Waals surface area contributed by atoms with E-state index in [4.69, 9.17) is 4.74 Å². The number of carbonyl (C=O) groups is 2. The standard InChI is InChI=1S/C37H40O2S4.C9H21NO/c1-7-10-21-36(4,5)27-12-11-24(25(22-38)26(27)23-39)28-13-14-29(40-28)30-15-16-31(41-30)32-17-18-33(42-32)34-19-20-35(43-34)37(6,8-2)9-3;1-9(2)8-11-7-5-6-10(3)4/h11-20,22-23H,7-10,21H2,1-6H3;9H,5-8H2,1-4H3. The Morgan fingerprint density at radius 1 is 0.667 bits per heavy atom. The van der Waals surface area contributed by atoms with Crippen molar-refractivity contribution >= 4 is 57.9 Å². The molecule has 4 heterocycles. The van der Waals surface area contributed by atoms with Crippen LogP contribution in [0.1, 0.15) is 125 Å². The molecule has 0 saturated carbocycles. The monoisotopic (exact) mass is 803 g/mol. The van der Waals surface area contributed by atoms with Crippen molar-refractivity contribution in [2.45, 2.75) is 105 Å². The van der Waals surface area contributed by atoms with Crippen LogP contribution in [-0.4, -0.2) is 51.3 Å². The fourth-order valence-electron chi connectivity index (χ4n) is 6.46. The van der Waals surface area contributed by atoms with Gasteiger partial charge in [-0.05, 0) is 112 Å². The highest BCUT2D eigenvalue weighted by Crippen LogP contribution is 2.46. The van der Waals surface area contributed by atoms with Crippen LogP contribution >= 0.6 is 45.3 Å². The van der Waals surface area contributed by atoms with E-state index in [0.717, 1.165) is 86.9 Å². The van der Waals surface area contributed by atoms with Gasteiger partial charge < -0.3 is 9.64 Å². The maximum absolute atomic E-state index is 12.3. The van der Waals surface area contributed by atoms with E-state index >= 15 is 0 Å². The van der Waals surface area contributed by atoms with Gasteiger partial charge in [0.15, 0.2) is 12.6 Å². The minimum Gasteiger partial charge on any atom is -0.381 e. The molecule has 0 fully saturated rings. The molecular formula is C46H61NO3S4. The minimum absolute atomic E-state index is 0.171. The molecule has 0 atom stereocenters. The molecule has 5 aromatic rings. The first kappa shape index (κ1) is 44.0. The number of ether oxygens (including phenoxy) is 1. The maximum Gasteiger partial charge on any atom is 0.151 e. The van der Waals surface area contributed by atoms with Crippen molar-refractivity contribution in [1.82, 2.24) is 4.90 Å². The van der Waals surface area contributed by atoms with Gasteiger partial charge in [-0.25, -0.2) is 0 Å². The molecule has 8 heteroatoms. The quantitative estimate of drug-likeness (QED) is 0.0616. The average Bonchev–Trinajstić information content (AvgIpc) is 3.99. The molecule has 4 aromatic heterocycles. The van der Waals surface area contributed by atoms with Gasteiger partial charge in [0, 0.05) is 74.3 Å². The van der Waals surface area contributed by atoms with Crippen LogP contribution in [0.2, 0.25) is 0 Å². The van der Waals surface area contributed by atoms with E-state index in [-0.39, 0.29) is 10.8 Å². The Morgan fingerprint density at radius 3 is 1.65 bits per heavy atom. The number of nitrogens with zero attached hydrogens (tertiary/aromatic N) is 1. The van der Waals surface area contributed by atoms with Crippen LogP contribution in [0, 0.1) is 5.92 Å². The van der Waals surface area contributed by atoms with Crippen LogP contribution in [0.4, 0.5) is 0 Å². The lowest BCUT2D eigenvalue weighted by Crippen LogP contribution is -2.20. The molecule has 0 aliphatic carbocycles. The van der Waals surface area contributed by atoms with Gasteiger partial charge in [0.25, 0.3) is 0 Å². The minimum atomic E-state index is -0.171. The maximum atomic E-state index is 12.3. The predicted molar refractivity (Wildman–Crippen MR) is 240 cm³/mol. The smallest absolute Gasteiger partial charge is 0.151 e. The molecule has 0 saturated heterocycles. The van der Waals surface area contributed by atoms with Gasteiger partial charge in [-0.1, -0.05) is 80.4 Å². The predicted octanol–water partition coefficient (Wildman–Crippen LogP) is 14.4. The summed E-state index contributed by atoms with van der Waals surface area (Å²) < 4.78 is 5.42. The SMILES string of the molecule is CC(C)COCCCN(C)C.CCCCC(C)(C)c1ccc(-c2ccc(-c3ccc(-c4ccc(-c5ccc(C(C)(CC)CC)s5)s4)s3)s2)c(C=O)c1C=O. The lowest BCUT2D eigenvalue weighted by atomic mass is 9.76. The van der Waals surface area contributed by atoms with Crippen molar-refractivity contribution in [3.63, 3.8) is 0 Å². The molecule has 292 valence electrons. The highest BCUT2D eigenvalue weighted by molar-refractivity contribution is 7.29. The third-order valence-corrected chi connectivity index (χ3v) is 15.6. The zero-order valence-corrected chi connectivity index (χ0v) is 37.4. The normalized spacial score (nSPS) is 12.0.